The van der Waals surface area contributed by atoms with E-state index in [-0.39, 0.29) is 0 Å². The second-order valence-electron chi connectivity index (χ2n) is 9.60. The van der Waals surface area contributed by atoms with Crippen molar-refractivity contribution in [2.75, 3.05) is 19.8 Å². The Morgan fingerprint density at radius 3 is 2.09 bits per heavy atom. The van der Waals surface area contributed by atoms with E-state index < -0.39 is 0 Å². The molecule has 0 amide bonds. The molecule has 3 N–H and O–H groups in total. The van der Waals surface area contributed by atoms with Gasteiger partial charge in [-0.3, -0.25) is 0 Å². The van der Waals surface area contributed by atoms with Crippen LogP contribution in [0.5, 0.6) is 11.5 Å². The highest BCUT2D eigenvalue weighted by molar-refractivity contribution is 5.30. The second kappa shape index (κ2) is 16.6. The highest BCUT2D eigenvalue weighted by atomic mass is 16.5. The predicted octanol–water partition coefficient (Wildman–Crippen LogP) is 7.39. The third-order valence-electron chi connectivity index (χ3n) is 6.39. The van der Waals surface area contributed by atoms with E-state index in [1.54, 1.807) is 0 Å². The lowest BCUT2D eigenvalue weighted by Crippen LogP contribution is -2.33. The number of hydrogen-bond donors (Lipinski definition) is 2. The Labute approximate surface area is 208 Å². The van der Waals surface area contributed by atoms with Crippen LogP contribution in [-0.4, -0.2) is 25.8 Å². The normalized spacial score (nSPS) is 13.1. The van der Waals surface area contributed by atoms with Crippen molar-refractivity contribution in [1.82, 2.24) is 5.32 Å². The maximum atomic E-state index is 5.97. The maximum absolute atomic E-state index is 5.97. The van der Waals surface area contributed by atoms with Crippen LogP contribution in [0, 0.1) is 0 Å². The topological polar surface area (TPSA) is 56.5 Å². The van der Waals surface area contributed by atoms with E-state index in [2.05, 4.69) is 75.5 Å². The Morgan fingerprint density at radius 1 is 0.794 bits per heavy atom. The zero-order valence-electron chi connectivity index (χ0n) is 22.0. The molecule has 2 aromatic carbocycles. The van der Waals surface area contributed by atoms with Crippen LogP contribution >= 0.6 is 0 Å². The van der Waals surface area contributed by atoms with E-state index in [4.69, 9.17) is 15.2 Å². The van der Waals surface area contributed by atoms with Gasteiger partial charge in [0.25, 0.3) is 0 Å². The summed E-state index contributed by atoms with van der Waals surface area (Å²) in [5.74, 6) is 2.42. The van der Waals surface area contributed by atoms with Gasteiger partial charge >= 0.3 is 0 Å². The average Bonchev–Trinajstić information content (AvgIpc) is 2.86. The van der Waals surface area contributed by atoms with Gasteiger partial charge in [-0.05, 0) is 86.4 Å². The minimum Gasteiger partial charge on any atom is -0.494 e. The third-order valence-corrected chi connectivity index (χ3v) is 6.39. The highest BCUT2D eigenvalue weighted by Gasteiger charge is 2.15. The van der Waals surface area contributed by atoms with Gasteiger partial charge in [0, 0.05) is 12.1 Å². The molecule has 0 radical (unpaired) electrons. The number of benzene rings is 2. The van der Waals surface area contributed by atoms with E-state index in [1.807, 2.05) is 6.07 Å². The molecule has 2 aromatic rings. The van der Waals surface area contributed by atoms with Crippen molar-refractivity contribution in [3.8, 4) is 11.5 Å². The fourth-order valence-corrected chi connectivity index (χ4v) is 4.20. The summed E-state index contributed by atoms with van der Waals surface area (Å²) in [6.45, 7) is 11.1. The molecule has 4 nitrogen and oxygen atoms in total. The van der Waals surface area contributed by atoms with Gasteiger partial charge in [0.05, 0.1) is 13.2 Å². The van der Waals surface area contributed by atoms with Crippen LogP contribution in [0.1, 0.15) is 102 Å². The van der Waals surface area contributed by atoms with Crippen molar-refractivity contribution in [2.45, 2.75) is 97.1 Å². The molecular weight excluding hydrogens is 420 g/mol. The van der Waals surface area contributed by atoms with Crippen molar-refractivity contribution in [3.05, 3.63) is 59.7 Å². The van der Waals surface area contributed by atoms with E-state index in [0.29, 0.717) is 24.6 Å². The summed E-state index contributed by atoms with van der Waals surface area (Å²) in [6.07, 6.45) is 8.99. The largest absolute Gasteiger partial charge is 0.494 e. The van der Waals surface area contributed by atoms with E-state index in [0.717, 1.165) is 56.8 Å². The van der Waals surface area contributed by atoms with Crippen LogP contribution in [0.15, 0.2) is 48.5 Å². The van der Waals surface area contributed by atoms with Gasteiger partial charge in [0.2, 0.25) is 0 Å². The van der Waals surface area contributed by atoms with Gasteiger partial charge < -0.3 is 20.5 Å². The number of unbranched alkanes of at least 4 members (excludes halogenated alkanes) is 2. The molecule has 0 spiro atoms. The summed E-state index contributed by atoms with van der Waals surface area (Å²) in [4.78, 5) is 0. The van der Waals surface area contributed by atoms with Gasteiger partial charge in [-0.15, -0.1) is 0 Å². The number of nitrogens with two attached hydrogens (primary N) is 1. The van der Waals surface area contributed by atoms with Crippen molar-refractivity contribution >= 4 is 0 Å². The molecule has 190 valence electrons. The first kappa shape index (κ1) is 28.2. The molecule has 0 fully saturated rings. The minimum absolute atomic E-state index is 0.375. The molecule has 2 atom stereocenters. The summed E-state index contributed by atoms with van der Waals surface area (Å²) in [7, 11) is 0. The fraction of sp³-hybridized carbons (Fsp3) is 0.600. The van der Waals surface area contributed by atoms with Crippen molar-refractivity contribution < 1.29 is 9.47 Å². The smallest absolute Gasteiger partial charge is 0.119 e. The monoisotopic (exact) mass is 468 g/mol. The van der Waals surface area contributed by atoms with Crippen molar-refractivity contribution in [3.63, 3.8) is 0 Å². The summed E-state index contributed by atoms with van der Waals surface area (Å²) in [6, 6.07) is 18.0. The van der Waals surface area contributed by atoms with Gasteiger partial charge in [0.1, 0.15) is 11.5 Å². The molecular formula is C30H48N2O2. The van der Waals surface area contributed by atoms with Gasteiger partial charge in [-0.2, -0.15) is 0 Å². The zero-order valence-corrected chi connectivity index (χ0v) is 22.0. The minimum atomic E-state index is 0.375. The molecule has 0 heterocycles. The first-order chi connectivity index (χ1) is 16.6. The number of nitrogens with one attached hydrogen (secondary N) is 1. The fourth-order valence-electron chi connectivity index (χ4n) is 4.20. The molecule has 0 aliphatic heterocycles. The SMILES string of the molecule is CCCCC(CCCN)NC(CC)c1ccc(OCCCCOc2cccc(C(C)C)c2)cc1. The number of hydrogen-bond acceptors (Lipinski definition) is 4. The Kier molecular flexibility index (Phi) is 13.7. The van der Waals surface area contributed by atoms with E-state index in [1.165, 1.54) is 30.4 Å². The van der Waals surface area contributed by atoms with E-state index in [9.17, 15) is 0 Å². The molecule has 2 rings (SSSR count). The molecule has 0 saturated heterocycles. The molecule has 0 aromatic heterocycles. The van der Waals surface area contributed by atoms with Crippen LogP contribution in [-0.2, 0) is 0 Å². The zero-order chi connectivity index (χ0) is 24.6. The summed E-state index contributed by atoms with van der Waals surface area (Å²) < 4.78 is 11.9. The molecule has 4 heteroatoms. The lowest BCUT2D eigenvalue weighted by Gasteiger charge is -2.26. The number of ether oxygens (including phenoxy) is 2. The van der Waals surface area contributed by atoms with Crippen LogP contribution in [0.25, 0.3) is 0 Å². The molecule has 0 aliphatic carbocycles. The average molecular weight is 469 g/mol. The first-order valence-electron chi connectivity index (χ1n) is 13.5. The van der Waals surface area contributed by atoms with Gasteiger partial charge in [-0.1, -0.05) is 64.8 Å². The van der Waals surface area contributed by atoms with Crippen LogP contribution in [0.3, 0.4) is 0 Å². The Hall–Kier alpha value is -2.04. The first-order valence-corrected chi connectivity index (χ1v) is 13.5. The van der Waals surface area contributed by atoms with Crippen molar-refractivity contribution in [2.24, 2.45) is 5.73 Å². The van der Waals surface area contributed by atoms with E-state index >= 15 is 0 Å². The van der Waals surface area contributed by atoms with Crippen molar-refractivity contribution in [1.29, 1.82) is 0 Å². The molecule has 0 saturated carbocycles. The summed E-state index contributed by atoms with van der Waals surface area (Å²) in [5.41, 5.74) is 8.41. The second-order valence-corrected chi connectivity index (χ2v) is 9.60. The lowest BCUT2D eigenvalue weighted by molar-refractivity contribution is 0.266. The standard InChI is InChI=1S/C30H48N2O2/c1-5-7-13-27(14-11-20-31)32-30(6-2)25-16-18-28(19-17-25)33-21-8-9-22-34-29-15-10-12-26(23-29)24(3)4/h10,12,15-19,23-24,27,30,32H,5-9,11,13-14,20-22,31H2,1-4H3. The Bertz CT molecular complexity index is 768. The third kappa shape index (κ3) is 10.5. The Morgan fingerprint density at radius 2 is 1.47 bits per heavy atom. The van der Waals surface area contributed by atoms with Gasteiger partial charge in [-0.25, -0.2) is 0 Å². The van der Waals surface area contributed by atoms with Gasteiger partial charge in [0.15, 0.2) is 0 Å². The van der Waals surface area contributed by atoms with Crippen LogP contribution in [0.2, 0.25) is 0 Å². The molecule has 0 aliphatic rings. The highest BCUT2D eigenvalue weighted by Crippen LogP contribution is 2.23. The quantitative estimate of drug-likeness (QED) is 0.224. The summed E-state index contributed by atoms with van der Waals surface area (Å²) in [5, 5.41) is 3.89. The lowest BCUT2D eigenvalue weighted by atomic mass is 9.99. The van der Waals surface area contributed by atoms with Crippen LogP contribution in [0.4, 0.5) is 0 Å². The summed E-state index contributed by atoms with van der Waals surface area (Å²) >= 11 is 0. The molecule has 2 unspecified atom stereocenters. The molecule has 34 heavy (non-hydrogen) atoms. The predicted molar refractivity (Wildman–Crippen MR) is 145 cm³/mol. The maximum Gasteiger partial charge on any atom is 0.119 e. The van der Waals surface area contributed by atoms with Crippen LogP contribution < -0.4 is 20.5 Å². The number of rotatable bonds is 18. The Balaban J connectivity index is 1.73. The molecule has 0 bridgehead atoms.